The van der Waals surface area contributed by atoms with Crippen molar-refractivity contribution in [2.45, 2.75) is 12.7 Å². The third-order valence-electron chi connectivity index (χ3n) is 2.53. The van der Waals surface area contributed by atoms with Crippen LogP contribution < -0.4 is 0 Å². The first kappa shape index (κ1) is 15.1. The van der Waals surface area contributed by atoms with Gasteiger partial charge in [-0.05, 0) is 17.7 Å². The maximum absolute atomic E-state index is 12.7. The number of aromatic nitrogens is 2. The van der Waals surface area contributed by atoms with Crippen molar-refractivity contribution < 1.29 is 18.0 Å². The fraction of sp³-hybridized carbons (Fsp3) is 0.167. The van der Waals surface area contributed by atoms with E-state index in [0.717, 1.165) is 9.15 Å². The van der Waals surface area contributed by atoms with Crippen molar-refractivity contribution in [2.75, 3.05) is 0 Å². The van der Waals surface area contributed by atoms with E-state index in [-0.39, 0.29) is 18.0 Å². The maximum atomic E-state index is 12.7. The lowest BCUT2D eigenvalue weighted by Gasteiger charge is -2.04. The predicted molar refractivity (Wildman–Crippen MR) is 70.9 cm³/mol. The number of alkyl halides is 3. The van der Waals surface area contributed by atoms with Gasteiger partial charge in [0.05, 0.1) is 12.1 Å². The quantitative estimate of drug-likeness (QED) is 0.763. The minimum atomic E-state index is -4.72. The summed E-state index contributed by atoms with van der Waals surface area (Å²) in [6.07, 6.45) is -4.65. The van der Waals surface area contributed by atoms with Crippen molar-refractivity contribution in [3.8, 4) is 0 Å². The standard InChI is InChI=1S/C12H7BrClF3N2O/c13-8-3-1-2-7(4-8)5-19-11(14)9(6-20)10(18-19)12(15,16)17/h1-4,6H,5H2. The van der Waals surface area contributed by atoms with Crippen molar-refractivity contribution in [3.05, 3.63) is 50.7 Å². The highest BCUT2D eigenvalue weighted by Gasteiger charge is 2.39. The molecular weight excluding hydrogens is 360 g/mol. The fourth-order valence-electron chi connectivity index (χ4n) is 1.68. The Balaban J connectivity index is 2.43. The Hall–Kier alpha value is -1.34. The van der Waals surface area contributed by atoms with Gasteiger partial charge < -0.3 is 0 Å². The van der Waals surface area contributed by atoms with Gasteiger partial charge in [0.1, 0.15) is 5.15 Å². The Labute approximate surface area is 125 Å². The van der Waals surface area contributed by atoms with E-state index in [1.165, 1.54) is 0 Å². The highest BCUT2D eigenvalue weighted by Crippen LogP contribution is 2.33. The number of rotatable bonds is 3. The molecule has 2 aromatic rings. The van der Waals surface area contributed by atoms with Gasteiger partial charge in [-0.25, -0.2) is 4.68 Å². The van der Waals surface area contributed by atoms with E-state index in [2.05, 4.69) is 21.0 Å². The Morgan fingerprint density at radius 2 is 2.10 bits per heavy atom. The van der Waals surface area contributed by atoms with E-state index >= 15 is 0 Å². The van der Waals surface area contributed by atoms with Crippen molar-refractivity contribution in [1.29, 1.82) is 0 Å². The number of benzene rings is 1. The van der Waals surface area contributed by atoms with Crippen LogP contribution in [0.25, 0.3) is 0 Å². The average molecular weight is 368 g/mol. The molecular formula is C12H7BrClF3N2O. The molecule has 0 aliphatic heterocycles. The third kappa shape index (κ3) is 3.04. The second-order valence-corrected chi connectivity index (χ2v) is 5.23. The molecule has 0 bridgehead atoms. The van der Waals surface area contributed by atoms with Gasteiger partial charge >= 0.3 is 6.18 Å². The summed E-state index contributed by atoms with van der Waals surface area (Å²) in [5, 5.41) is 3.06. The fourth-order valence-corrected chi connectivity index (χ4v) is 2.36. The molecule has 0 spiro atoms. The third-order valence-corrected chi connectivity index (χ3v) is 3.42. The highest BCUT2D eigenvalue weighted by atomic mass is 79.9. The summed E-state index contributed by atoms with van der Waals surface area (Å²) in [6, 6.07) is 6.97. The first-order valence-electron chi connectivity index (χ1n) is 5.36. The largest absolute Gasteiger partial charge is 0.435 e. The van der Waals surface area contributed by atoms with E-state index in [1.54, 1.807) is 24.3 Å². The molecule has 0 radical (unpaired) electrons. The van der Waals surface area contributed by atoms with E-state index in [0.29, 0.717) is 5.56 Å². The lowest BCUT2D eigenvalue weighted by Crippen LogP contribution is -2.10. The molecule has 106 valence electrons. The van der Waals surface area contributed by atoms with Crippen LogP contribution in [0.3, 0.4) is 0 Å². The Kier molecular flexibility index (Phi) is 4.19. The zero-order chi connectivity index (χ0) is 14.9. The van der Waals surface area contributed by atoms with Crippen LogP contribution in [0.15, 0.2) is 28.7 Å². The SMILES string of the molecule is O=Cc1c(C(F)(F)F)nn(Cc2cccc(Br)c2)c1Cl. The average Bonchev–Trinajstić information content (AvgIpc) is 2.66. The topological polar surface area (TPSA) is 34.9 Å². The van der Waals surface area contributed by atoms with E-state index in [9.17, 15) is 18.0 Å². The number of aldehydes is 1. The van der Waals surface area contributed by atoms with Gasteiger partial charge in [-0.15, -0.1) is 0 Å². The molecule has 2 rings (SSSR count). The lowest BCUT2D eigenvalue weighted by molar-refractivity contribution is -0.141. The zero-order valence-corrected chi connectivity index (χ0v) is 12.1. The second-order valence-electron chi connectivity index (χ2n) is 3.96. The molecule has 0 saturated heterocycles. The number of halogens is 5. The van der Waals surface area contributed by atoms with Gasteiger partial charge in [0.25, 0.3) is 0 Å². The van der Waals surface area contributed by atoms with Crippen molar-refractivity contribution in [2.24, 2.45) is 0 Å². The molecule has 0 unspecified atom stereocenters. The van der Waals surface area contributed by atoms with E-state index < -0.39 is 17.4 Å². The first-order valence-corrected chi connectivity index (χ1v) is 6.53. The van der Waals surface area contributed by atoms with Crippen LogP contribution in [0.4, 0.5) is 13.2 Å². The van der Waals surface area contributed by atoms with Crippen LogP contribution in [-0.4, -0.2) is 16.1 Å². The molecule has 0 aliphatic carbocycles. The van der Waals surface area contributed by atoms with Gasteiger partial charge in [0.15, 0.2) is 12.0 Å². The molecule has 0 saturated carbocycles. The van der Waals surface area contributed by atoms with Gasteiger partial charge in [-0.2, -0.15) is 18.3 Å². The Morgan fingerprint density at radius 3 is 2.60 bits per heavy atom. The van der Waals surface area contributed by atoms with Crippen molar-refractivity contribution in [3.63, 3.8) is 0 Å². The smallest absolute Gasteiger partial charge is 0.298 e. The Bertz CT molecular complexity index is 655. The van der Waals surface area contributed by atoms with Crippen molar-refractivity contribution >= 4 is 33.8 Å². The molecule has 0 fully saturated rings. The first-order chi connectivity index (χ1) is 9.32. The van der Waals surface area contributed by atoms with E-state index in [4.69, 9.17) is 11.6 Å². The number of carbonyl (C=O) groups is 1. The summed E-state index contributed by atoms with van der Waals surface area (Å²) in [4.78, 5) is 10.8. The number of carbonyl (C=O) groups excluding carboxylic acids is 1. The number of hydrogen-bond acceptors (Lipinski definition) is 2. The molecule has 1 aromatic heterocycles. The summed E-state index contributed by atoms with van der Waals surface area (Å²) in [5.41, 5.74) is -1.21. The molecule has 20 heavy (non-hydrogen) atoms. The van der Waals surface area contributed by atoms with Crippen LogP contribution in [0.5, 0.6) is 0 Å². The van der Waals surface area contributed by atoms with E-state index in [1.807, 2.05) is 0 Å². The molecule has 1 heterocycles. The summed E-state index contributed by atoms with van der Waals surface area (Å²) < 4.78 is 39.9. The molecule has 0 aliphatic rings. The number of hydrogen-bond donors (Lipinski definition) is 0. The Morgan fingerprint density at radius 1 is 1.40 bits per heavy atom. The number of nitrogens with zero attached hydrogens (tertiary/aromatic N) is 2. The van der Waals surface area contributed by atoms with Crippen molar-refractivity contribution in [1.82, 2.24) is 9.78 Å². The maximum Gasteiger partial charge on any atom is 0.435 e. The summed E-state index contributed by atoms with van der Waals surface area (Å²) in [5.74, 6) is 0. The van der Waals surface area contributed by atoms with Crippen LogP contribution >= 0.6 is 27.5 Å². The minimum Gasteiger partial charge on any atom is -0.298 e. The van der Waals surface area contributed by atoms with Gasteiger partial charge in [-0.1, -0.05) is 39.7 Å². The molecule has 3 nitrogen and oxygen atoms in total. The monoisotopic (exact) mass is 366 g/mol. The van der Waals surface area contributed by atoms with Crippen LogP contribution in [0, 0.1) is 0 Å². The van der Waals surface area contributed by atoms with Gasteiger partial charge in [0.2, 0.25) is 0 Å². The predicted octanol–water partition coefficient (Wildman–Crippen LogP) is 4.18. The minimum absolute atomic E-state index is 0.0369. The van der Waals surface area contributed by atoms with Crippen LogP contribution in [0.2, 0.25) is 5.15 Å². The normalized spacial score (nSPS) is 11.7. The molecule has 0 N–H and O–H groups in total. The summed E-state index contributed by atoms with van der Waals surface area (Å²) in [7, 11) is 0. The molecule has 8 heteroatoms. The highest BCUT2D eigenvalue weighted by molar-refractivity contribution is 9.10. The zero-order valence-electron chi connectivity index (χ0n) is 9.79. The summed E-state index contributed by atoms with van der Waals surface area (Å²) in [6.45, 7) is 0.0369. The molecule has 0 atom stereocenters. The van der Waals surface area contributed by atoms with Gasteiger partial charge in [-0.3, -0.25) is 4.79 Å². The molecule has 0 amide bonds. The lowest BCUT2D eigenvalue weighted by atomic mass is 10.2. The van der Waals surface area contributed by atoms with Crippen LogP contribution in [-0.2, 0) is 12.7 Å². The molecule has 1 aromatic carbocycles. The second kappa shape index (κ2) is 5.57. The van der Waals surface area contributed by atoms with Crippen LogP contribution in [0.1, 0.15) is 21.6 Å². The summed E-state index contributed by atoms with van der Waals surface area (Å²) >= 11 is 9.04. The van der Waals surface area contributed by atoms with Gasteiger partial charge in [0, 0.05) is 4.47 Å².